The second kappa shape index (κ2) is 3.24. The normalized spacial score (nSPS) is 8.25. The SMILES string of the molecule is C=NN(C)C(=C)CC. The maximum Gasteiger partial charge on any atom is 0.0299 e. The summed E-state index contributed by atoms with van der Waals surface area (Å²) >= 11 is 0. The van der Waals surface area contributed by atoms with Crippen molar-refractivity contribution in [2.24, 2.45) is 5.10 Å². The molecule has 2 nitrogen and oxygen atoms in total. The molecule has 0 bridgehead atoms. The molecule has 0 aromatic carbocycles. The summed E-state index contributed by atoms with van der Waals surface area (Å²) in [7, 11) is 1.83. The summed E-state index contributed by atoms with van der Waals surface area (Å²) in [5.74, 6) is 0. The van der Waals surface area contributed by atoms with Crippen molar-refractivity contribution < 1.29 is 0 Å². The predicted octanol–water partition coefficient (Wildman–Crippen LogP) is 1.46. The molecule has 0 radical (unpaired) electrons. The molecule has 0 fully saturated rings. The fourth-order valence-corrected chi connectivity index (χ4v) is 0.329. The minimum Gasteiger partial charge on any atom is -0.274 e. The van der Waals surface area contributed by atoms with Crippen LogP contribution in [0.2, 0.25) is 0 Å². The molecule has 0 spiro atoms. The van der Waals surface area contributed by atoms with Gasteiger partial charge in [0.05, 0.1) is 0 Å². The van der Waals surface area contributed by atoms with Gasteiger partial charge in [0.1, 0.15) is 0 Å². The van der Waals surface area contributed by atoms with Crippen LogP contribution in [0, 0.1) is 0 Å². The molecule has 0 heterocycles. The molecule has 46 valence electrons. The molecule has 0 aliphatic rings. The highest BCUT2D eigenvalue weighted by atomic mass is 15.4. The zero-order valence-electron chi connectivity index (χ0n) is 5.52. The highest BCUT2D eigenvalue weighted by molar-refractivity contribution is 5.23. The Labute approximate surface area is 50.5 Å². The molecule has 0 saturated carbocycles. The molecule has 0 aliphatic heterocycles. The van der Waals surface area contributed by atoms with Gasteiger partial charge in [-0.05, 0) is 6.42 Å². The van der Waals surface area contributed by atoms with Gasteiger partial charge in [-0.1, -0.05) is 13.5 Å². The molecule has 0 N–H and O–H groups in total. The zero-order chi connectivity index (χ0) is 6.57. The maximum absolute atomic E-state index is 3.74. The first-order chi connectivity index (χ1) is 3.72. The van der Waals surface area contributed by atoms with Crippen LogP contribution in [0.3, 0.4) is 0 Å². The number of nitrogens with zero attached hydrogens (tertiary/aromatic N) is 2. The number of allylic oxidation sites excluding steroid dienone is 1. The summed E-state index contributed by atoms with van der Waals surface area (Å²) < 4.78 is 0. The van der Waals surface area contributed by atoms with Crippen molar-refractivity contribution in [2.45, 2.75) is 13.3 Å². The fraction of sp³-hybridized carbons (Fsp3) is 0.500. The lowest BCUT2D eigenvalue weighted by atomic mass is 10.4. The van der Waals surface area contributed by atoms with Gasteiger partial charge in [-0.2, -0.15) is 5.10 Å². The third-order valence-corrected chi connectivity index (χ3v) is 1.08. The predicted molar refractivity (Wildman–Crippen MR) is 36.7 cm³/mol. The standard InChI is InChI=1S/C6H12N2/c1-5-6(2)8(4)7-3/h2-3,5H2,1,4H3. The molecule has 8 heavy (non-hydrogen) atoms. The fourth-order valence-electron chi connectivity index (χ4n) is 0.329. The van der Waals surface area contributed by atoms with Gasteiger partial charge < -0.3 is 0 Å². The molecule has 0 amide bonds. The van der Waals surface area contributed by atoms with E-state index in [2.05, 4.69) is 18.4 Å². The molecule has 2 heteroatoms. The van der Waals surface area contributed by atoms with Crippen LogP contribution in [-0.2, 0) is 0 Å². The van der Waals surface area contributed by atoms with Crippen molar-refractivity contribution in [1.29, 1.82) is 0 Å². The first-order valence-corrected chi connectivity index (χ1v) is 2.60. The van der Waals surface area contributed by atoms with Gasteiger partial charge in [0.25, 0.3) is 0 Å². The summed E-state index contributed by atoms with van der Waals surface area (Å²) in [6, 6.07) is 0. The average Bonchev–Trinajstić information content (AvgIpc) is 1.84. The number of hydrogen-bond donors (Lipinski definition) is 0. The smallest absolute Gasteiger partial charge is 0.0299 e. The van der Waals surface area contributed by atoms with Crippen molar-refractivity contribution in [3.8, 4) is 0 Å². The Morgan fingerprint density at radius 1 is 1.75 bits per heavy atom. The van der Waals surface area contributed by atoms with Crippen molar-refractivity contribution >= 4 is 6.72 Å². The van der Waals surface area contributed by atoms with Crippen LogP contribution in [-0.4, -0.2) is 18.8 Å². The Kier molecular flexibility index (Phi) is 2.92. The Morgan fingerprint density at radius 3 is 2.38 bits per heavy atom. The van der Waals surface area contributed by atoms with E-state index in [9.17, 15) is 0 Å². The van der Waals surface area contributed by atoms with E-state index in [1.165, 1.54) is 0 Å². The average molecular weight is 112 g/mol. The van der Waals surface area contributed by atoms with Gasteiger partial charge >= 0.3 is 0 Å². The van der Waals surface area contributed by atoms with Gasteiger partial charge in [0.15, 0.2) is 0 Å². The topological polar surface area (TPSA) is 15.6 Å². The Balaban J connectivity index is 3.62. The number of rotatable bonds is 3. The van der Waals surface area contributed by atoms with Crippen LogP contribution in [0.15, 0.2) is 17.4 Å². The summed E-state index contributed by atoms with van der Waals surface area (Å²) in [6.45, 7) is 9.11. The maximum atomic E-state index is 3.74. The van der Waals surface area contributed by atoms with E-state index in [-0.39, 0.29) is 0 Å². The van der Waals surface area contributed by atoms with E-state index in [1.54, 1.807) is 5.01 Å². The molecule has 0 atom stereocenters. The minimum absolute atomic E-state index is 0.926. The van der Waals surface area contributed by atoms with E-state index in [4.69, 9.17) is 0 Å². The Hall–Kier alpha value is -0.790. The molecular formula is C6H12N2. The van der Waals surface area contributed by atoms with E-state index < -0.39 is 0 Å². The summed E-state index contributed by atoms with van der Waals surface area (Å²) in [5.41, 5.74) is 0.986. The van der Waals surface area contributed by atoms with Crippen molar-refractivity contribution in [2.75, 3.05) is 7.05 Å². The molecule has 0 aliphatic carbocycles. The van der Waals surface area contributed by atoms with Gasteiger partial charge in [0, 0.05) is 19.5 Å². The molecule has 0 aromatic heterocycles. The molecular weight excluding hydrogens is 100 g/mol. The second-order valence-corrected chi connectivity index (χ2v) is 1.58. The van der Waals surface area contributed by atoms with Crippen molar-refractivity contribution in [3.05, 3.63) is 12.3 Å². The third-order valence-electron chi connectivity index (χ3n) is 1.08. The summed E-state index contributed by atoms with van der Waals surface area (Å²) in [5, 5.41) is 5.31. The molecule has 0 saturated heterocycles. The first-order valence-electron chi connectivity index (χ1n) is 2.60. The summed E-state index contributed by atoms with van der Waals surface area (Å²) in [4.78, 5) is 0. The highest BCUT2D eigenvalue weighted by Crippen LogP contribution is 2.00. The van der Waals surface area contributed by atoms with Crippen molar-refractivity contribution in [3.63, 3.8) is 0 Å². The van der Waals surface area contributed by atoms with E-state index in [0.29, 0.717) is 0 Å². The van der Waals surface area contributed by atoms with E-state index in [1.807, 2.05) is 14.0 Å². The molecule has 0 rings (SSSR count). The van der Waals surface area contributed by atoms with E-state index in [0.717, 1.165) is 12.1 Å². The van der Waals surface area contributed by atoms with E-state index >= 15 is 0 Å². The van der Waals surface area contributed by atoms with Gasteiger partial charge in [0.2, 0.25) is 0 Å². The van der Waals surface area contributed by atoms with Gasteiger partial charge in [-0.25, -0.2) is 0 Å². The first kappa shape index (κ1) is 7.21. The van der Waals surface area contributed by atoms with Gasteiger partial charge in [-0.15, -0.1) is 0 Å². The quantitative estimate of drug-likeness (QED) is 0.398. The lowest BCUT2D eigenvalue weighted by Crippen LogP contribution is -2.06. The monoisotopic (exact) mass is 112 g/mol. The Bertz CT molecular complexity index is 96.7. The van der Waals surface area contributed by atoms with Gasteiger partial charge in [-0.3, -0.25) is 5.01 Å². The Morgan fingerprint density at radius 2 is 2.25 bits per heavy atom. The number of hydrazone groups is 1. The van der Waals surface area contributed by atoms with Crippen LogP contribution in [0.25, 0.3) is 0 Å². The van der Waals surface area contributed by atoms with Crippen LogP contribution in [0.1, 0.15) is 13.3 Å². The van der Waals surface area contributed by atoms with Crippen LogP contribution >= 0.6 is 0 Å². The largest absolute Gasteiger partial charge is 0.274 e. The lowest BCUT2D eigenvalue weighted by Gasteiger charge is -2.11. The zero-order valence-corrected chi connectivity index (χ0v) is 5.52. The second-order valence-electron chi connectivity index (χ2n) is 1.58. The third kappa shape index (κ3) is 1.78. The highest BCUT2D eigenvalue weighted by Gasteiger charge is 1.91. The molecule has 0 unspecified atom stereocenters. The summed E-state index contributed by atoms with van der Waals surface area (Å²) in [6.07, 6.45) is 0.926. The number of hydrogen-bond acceptors (Lipinski definition) is 2. The molecule has 0 aromatic rings. The lowest BCUT2D eigenvalue weighted by molar-refractivity contribution is 0.438. The van der Waals surface area contributed by atoms with Crippen LogP contribution in [0.5, 0.6) is 0 Å². The van der Waals surface area contributed by atoms with Crippen LogP contribution in [0.4, 0.5) is 0 Å². The van der Waals surface area contributed by atoms with Crippen LogP contribution < -0.4 is 0 Å². The van der Waals surface area contributed by atoms with Crippen molar-refractivity contribution in [1.82, 2.24) is 5.01 Å². The minimum atomic E-state index is 0.926.